The van der Waals surface area contributed by atoms with E-state index >= 15 is 0 Å². The normalized spacial score (nSPS) is 10.7. The molecule has 0 radical (unpaired) electrons. The number of methoxy groups -OCH3 is 1. The highest BCUT2D eigenvalue weighted by Crippen LogP contribution is 2.31. The monoisotopic (exact) mass is 467 g/mol. The molecule has 1 aromatic heterocycles. The third-order valence-corrected chi connectivity index (χ3v) is 4.67. The molecule has 2 rings (SSSR count). The Labute approximate surface area is 144 Å². The van der Waals surface area contributed by atoms with Crippen LogP contribution in [0.15, 0.2) is 22.7 Å². The van der Waals surface area contributed by atoms with Crippen LogP contribution in [0.3, 0.4) is 0 Å². The van der Waals surface area contributed by atoms with E-state index in [1.807, 2.05) is 25.2 Å². The molecule has 1 aromatic carbocycles. The highest BCUT2D eigenvalue weighted by Gasteiger charge is 2.14. The standard InChI is InChI=1S/C13H12BrClIN3O/c1-17-13-11(16)10(6-20-2)18-12(19-13)8-5-7(15)3-4-9(8)14/h3-5H,6H2,1-2H3,(H,17,18,19). The summed E-state index contributed by atoms with van der Waals surface area (Å²) in [4.78, 5) is 9.10. The number of rotatable bonds is 4. The number of halogens is 3. The summed E-state index contributed by atoms with van der Waals surface area (Å²) in [5.74, 6) is 1.38. The third kappa shape index (κ3) is 3.41. The first-order valence-electron chi connectivity index (χ1n) is 5.75. The molecule has 4 nitrogen and oxygen atoms in total. The van der Waals surface area contributed by atoms with Gasteiger partial charge in [-0.15, -0.1) is 0 Å². The molecule has 0 bridgehead atoms. The zero-order chi connectivity index (χ0) is 14.7. The van der Waals surface area contributed by atoms with E-state index < -0.39 is 0 Å². The quantitative estimate of drug-likeness (QED) is 0.678. The number of nitrogens with zero attached hydrogens (tertiary/aromatic N) is 2. The van der Waals surface area contributed by atoms with Crippen molar-refractivity contribution in [2.24, 2.45) is 0 Å². The summed E-state index contributed by atoms with van der Waals surface area (Å²) < 4.78 is 7.04. The maximum atomic E-state index is 6.05. The molecule has 0 unspecified atom stereocenters. The lowest BCUT2D eigenvalue weighted by Crippen LogP contribution is -2.06. The van der Waals surface area contributed by atoms with Gasteiger partial charge in [0.1, 0.15) is 5.82 Å². The number of nitrogens with one attached hydrogen (secondary N) is 1. The van der Waals surface area contributed by atoms with E-state index in [-0.39, 0.29) is 0 Å². The van der Waals surface area contributed by atoms with Crippen LogP contribution in [-0.4, -0.2) is 24.1 Å². The summed E-state index contributed by atoms with van der Waals surface area (Å²) in [6, 6.07) is 5.54. The molecule has 1 N–H and O–H groups in total. The van der Waals surface area contributed by atoms with Gasteiger partial charge < -0.3 is 10.1 Å². The van der Waals surface area contributed by atoms with E-state index in [0.29, 0.717) is 17.5 Å². The van der Waals surface area contributed by atoms with Crippen LogP contribution in [0, 0.1) is 3.57 Å². The molecule has 0 aliphatic carbocycles. The van der Waals surface area contributed by atoms with Crippen LogP contribution >= 0.6 is 50.1 Å². The Bertz CT molecular complexity index is 639. The smallest absolute Gasteiger partial charge is 0.163 e. The summed E-state index contributed by atoms with van der Waals surface area (Å²) in [6.07, 6.45) is 0. The summed E-state index contributed by atoms with van der Waals surface area (Å²) in [7, 11) is 3.48. The average molecular weight is 469 g/mol. The Hall–Kier alpha value is -0.440. The molecule has 0 spiro atoms. The van der Waals surface area contributed by atoms with Gasteiger partial charge in [-0.05, 0) is 40.8 Å². The van der Waals surface area contributed by atoms with Gasteiger partial charge in [0.05, 0.1) is 15.9 Å². The van der Waals surface area contributed by atoms with Crippen molar-refractivity contribution in [3.63, 3.8) is 0 Å². The molecule has 2 aromatic rings. The molecule has 0 fully saturated rings. The zero-order valence-electron chi connectivity index (χ0n) is 10.9. The summed E-state index contributed by atoms with van der Waals surface area (Å²) in [5.41, 5.74) is 1.69. The molecule has 0 saturated heterocycles. The van der Waals surface area contributed by atoms with Crippen molar-refractivity contribution in [1.82, 2.24) is 9.97 Å². The number of hydrogen-bond acceptors (Lipinski definition) is 4. The molecule has 0 aliphatic rings. The van der Waals surface area contributed by atoms with Gasteiger partial charge in [-0.1, -0.05) is 27.5 Å². The lowest BCUT2D eigenvalue weighted by Gasteiger charge is -2.12. The molecule has 0 aliphatic heterocycles. The van der Waals surface area contributed by atoms with E-state index in [2.05, 4.69) is 53.8 Å². The van der Waals surface area contributed by atoms with E-state index in [4.69, 9.17) is 16.3 Å². The van der Waals surface area contributed by atoms with E-state index in [1.54, 1.807) is 7.11 Å². The Morgan fingerprint density at radius 1 is 1.40 bits per heavy atom. The third-order valence-electron chi connectivity index (χ3n) is 2.61. The lowest BCUT2D eigenvalue weighted by molar-refractivity contribution is 0.181. The number of aromatic nitrogens is 2. The van der Waals surface area contributed by atoms with Crippen molar-refractivity contribution in [2.45, 2.75) is 6.61 Å². The van der Waals surface area contributed by atoms with Gasteiger partial charge in [-0.25, -0.2) is 9.97 Å². The minimum Gasteiger partial charge on any atom is -0.378 e. The van der Waals surface area contributed by atoms with Crippen molar-refractivity contribution in [1.29, 1.82) is 0 Å². The molecule has 0 amide bonds. The Morgan fingerprint density at radius 2 is 2.15 bits per heavy atom. The summed E-state index contributed by atoms with van der Waals surface area (Å²) >= 11 is 11.8. The van der Waals surface area contributed by atoms with Crippen molar-refractivity contribution in [3.05, 3.63) is 37.0 Å². The van der Waals surface area contributed by atoms with E-state index in [1.165, 1.54) is 0 Å². The molecule has 0 saturated carbocycles. The second-order valence-corrected chi connectivity index (χ2v) is 6.33. The van der Waals surface area contributed by atoms with Crippen molar-refractivity contribution < 1.29 is 4.74 Å². The largest absolute Gasteiger partial charge is 0.378 e. The molecular formula is C13H12BrClIN3O. The summed E-state index contributed by atoms with van der Waals surface area (Å²) in [6.45, 7) is 0.431. The van der Waals surface area contributed by atoms with Crippen LogP contribution in [0.2, 0.25) is 5.02 Å². The highest BCUT2D eigenvalue weighted by atomic mass is 127. The first-order chi connectivity index (χ1) is 9.56. The van der Waals surface area contributed by atoms with E-state index in [0.717, 1.165) is 25.1 Å². The van der Waals surface area contributed by atoms with Crippen molar-refractivity contribution in [3.8, 4) is 11.4 Å². The molecule has 7 heteroatoms. The maximum absolute atomic E-state index is 6.05. The van der Waals surface area contributed by atoms with Crippen LogP contribution < -0.4 is 5.32 Å². The first-order valence-corrected chi connectivity index (χ1v) is 8.00. The number of hydrogen-bond donors (Lipinski definition) is 1. The van der Waals surface area contributed by atoms with Crippen LogP contribution in [0.5, 0.6) is 0 Å². The van der Waals surface area contributed by atoms with Gasteiger partial charge in [0.2, 0.25) is 0 Å². The second-order valence-electron chi connectivity index (χ2n) is 3.96. The predicted octanol–water partition coefficient (Wildman–Crippen LogP) is 4.35. The molecule has 0 atom stereocenters. The fourth-order valence-electron chi connectivity index (χ4n) is 1.68. The first kappa shape index (κ1) is 15.9. The van der Waals surface area contributed by atoms with Crippen molar-refractivity contribution in [2.75, 3.05) is 19.5 Å². The number of anilines is 1. The Balaban J connectivity index is 2.61. The fourth-order valence-corrected chi connectivity index (χ4v) is 2.94. The van der Waals surface area contributed by atoms with Gasteiger partial charge >= 0.3 is 0 Å². The minimum absolute atomic E-state index is 0.431. The molecule has 20 heavy (non-hydrogen) atoms. The van der Waals surface area contributed by atoms with Gasteiger partial charge in [0.15, 0.2) is 5.82 Å². The highest BCUT2D eigenvalue weighted by molar-refractivity contribution is 14.1. The van der Waals surface area contributed by atoms with Crippen molar-refractivity contribution >= 4 is 55.9 Å². The number of benzene rings is 1. The van der Waals surface area contributed by atoms with Crippen LogP contribution in [0.4, 0.5) is 5.82 Å². The van der Waals surface area contributed by atoms with Gasteiger partial charge in [-0.2, -0.15) is 0 Å². The van der Waals surface area contributed by atoms with Crippen LogP contribution in [0.25, 0.3) is 11.4 Å². The zero-order valence-corrected chi connectivity index (χ0v) is 15.4. The van der Waals surface area contributed by atoms with Gasteiger partial charge in [0.25, 0.3) is 0 Å². The predicted molar refractivity (Wildman–Crippen MR) is 93.2 cm³/mol. The van der Waals surface area contributed by atoms with Crippen LogP contribution in [-0.2, 0) is 11.3 Å². The molecular weight excluding hydrogens is 456 g/mol. The topological polar surface area (TPSA) is 47.0 Å². The Morgan fingerprint density at radius 3 is 2.80 bits per heavy atom. The average Bonchev–Trinajstić information content (AvgIpc) is 2.44. The lowest BCUT2D eigenvalue weighted by atomic mass is 10.2. The van der Waals surface area contributed by atoms with Gasteiger partial charge in [-0.3, -0.25) is 0 Å². The minimum atomic E-state index is 0.431. The summed E-state index contributed by atoms with van der Waals surface area (Å²) in [5, 5.41) is 3.72. The maximum Gasteiger partial charge on any atom is 0.163 e. The number of ether oxygens (including phenoxy) is 1. The molecule has 1 heterocycles. The molecule has 106 valence electrons. The van der Waals surface area contributed by atoms with E-state index in [9.17, 15) is 0 Å². The second kappa shape index (κ2) is 7.02. The van der Waals surface area contributed by atoms with Crippen LogP contribution in [0.1, 0.15) is 5.69 Å². The fraction of sp³-hybridized carbons (Fsp3) is 0.231. The SMILES string of the molecule is CNc1nc(-c2cc(Cl)ccc2Br)nc(COC)c1I. The van der Waals surface area contributed by atoms with Gasteiger partial charge in [0, 0.05) is 29.2 Å². The Kier molecular flexibility index (Phi) is 5.59.